The molecule has 0 bridgehead atoms. The summed E-state index contributed by atoms with van der Waals surface area (Å²) >= 11 is 1.34. The van der Waals surface area contributed by atoms with Gasteiger partial charge in [-0.1, -0.05) is 17.8 Å². The molecule has 2 aromatic rings. The molecule has 0 spiro atoms. The molecule has 7 nitrogen and oxygen atoms in total. The normalized spacial score (nSPS) is 11.8. The first-order chi connectivity index (χ1) is 10.9. The van der Waals surface area contributed by atoms with Gasteiger partial charge in [0.05, 0.1) is 10.9 Å². The number of hydrogen-bond donors (Lipinski definition) is 1. The molecule has 23 heavy (non-hydrogen) atoms. The molecule has 0 aliphatic heterocycles. The summed E-state index contributed by atoms with van der Waals surface area (Å²) in [7, 11) is 3.45. The molecule has 122 valence electrons. The van der Waals surface area contributed by atoms with Gasteiger partial charge >= 0.3 is 0 Å². The van der Waals surface area contributed by atoms with Crippen molar-refractivity contribution in [2.75, 3.05) is 19.4 Å². The summed E-state index contributed by atoms with van der Waals surface area (Å²) in [6.07, 6.45) is 1.59. The van der Waals surface area contributed by atoms with Gasteiger partial charge in [-0.05, 0) is 25.1 Å². The van der Waals surface area contributed by atoms with Gasteiger partial charge in [-0.2, -0.15) is 0 Å². The number of hydrogen-bond acceptors (Lipinski definition) is 5. The second-order valence-corrected chi connectivity index (χ2v) is 6.52. The molecular formula is C15H19N5O2S. The number of rotatable bonds is 5. The van der Waals surface area contributed by atoms with E-state index in [1.165, 1.54) is 18.7 Å². The average molecular weight is 333 g/mol. The average Bonchev–Trinajstić information content (AvgIpc) is 2.94. The van der Waals surface area contributed by atoms with Crippen molar-refractivity contribution in [1.82, 2.24) is 19.7 Å². The number of nitrogens with zero attached hydrogens (tertiary/aromatic N) is 4. The first-order valence-electron chi connectivity index (χ1n) is 7.04. The van der Waals surface area contributed by atoms with Gasteiger partial charge in [0.1, 0.15) is 6.33 Å². The Morgan fingerprint density at radius 2 is 2.09 bits per heavy atom. The molecule has 0 fully saturated rings. The summed E-state index contributed by atoms with van der Waals surface area (Å²) in [5.41, 5.74) is 1.50. The predicted molar refractivity (Wildman–Crippen MR) is 89.7 cm³/mol. The Hall–Kier alpha value is -2.35. The molecule has 1 aromatic carbocycles. The Labute approximate surface area is 139 Å². The second-order valence-electron chi connectivity index (χ2n) is 5.21. The number of anilines is 1. The van der Waals surface area contributed by atoms with E-state index in [0.717, 1.165) is 5.69 Å². The number of benzene rings is 1. The molecule has 1 aromatic heterocycles. The SMILES string of the molecule is CC(=O)Nc1cccc(-n2cnnc2SC(C)C(=O)N(C)C)c1. The lowest BCUT2D eigenvalue weighted by Crippen LogP contribution is -2.29. The van der Waals surface area contributed by atoms with Crippen molar-refractivity contribution in [3.05, 3.63) is 30.6 Å². The highest BCUT2D eigenvalue weighted by Gasteiger charge is 2.19. The zero-order valence-electron chi connectivity index (χ0n) is 13.5. The highest BCUT2D eigenvalue weighted by molar-refractivity contribution is 8.00. The summed E-state index contributed by atoms with van der Waals surface area (Å²) in [5, 5.41) is 11.1. The highest BCUT2D eigenvalue weighted by Crippen LogP contribution is 2.25. The Kier molecular flexibility index (Phi) is 5.38. The Morgan fingerprint density at radius 3 is 2.74 bits per heavy atom. The van der Waals surface area contributed by atoms with Crippen molar-refractivity contribution >= 4 is 29.3 Å². The van der Waals surface area contributed by atoms with Gasteiger partial charge in [-0.25, -0.2) is 0 Å². The number of amides is 2. The molecule has 0 aliphatic carbocycles. The van der Waals surface area contributed by atoms with Crippen molar-refractivity contribution in [2.45, 2.75) is 24.3 Å². The number of thioether (sulfide) groups is 1. The molecule has 2 rings (SSSR count). The van der Waals surface area contributed by atoms with Gasteiger partial charge in [0, 0.05) is 26.7 Å². The summed E-state index contributed by atoms with van der Waals surface area (Å²) in [4.78, 5) is 24.7. The van der Waals surface area contributed by atoms with Crippen molar-refractivity contribution in [1.29, 1.82) is 0 Å². The summed E-state index contributed by atoms with van der Waals surface area (Å²) < 4.78 is 1.79. The minimum Gasteiger partial charge on any atom is -0.348 e. The van der Waals surface area contributed by atoms with Crippen LogP contribution in [0.3, 0.4) is 0 Å². The van der Waals surface area contributed by atoms with Gasteiger partial charge in [0.2, 0.25) is 11.8 Å². The third-order valence-corrected chi connectivity index (χ3v) is 4.08. The highest BCUT2D eigenvalue weighted by atomic mass is 32.2. The van der Waals surface area contributed by atoms with Crippen LogP contribution < -0.4 is 5.32 Å². The molecule has 0 radical (unpaired) electrons. The number of carbonyl (C=O) groups is 2. The Balaban J connectivity index is 2.24. The summed E-state index contributed by atoms with van der Waals surface area (Å²) in [6.45, 7) is 3.29. The van der Waals surface area contributed by atoms with E-state index in [4.69, 9.17) is 0 Å². The van der Waals surface area contributed by atoms with Crippen LogP contribution in [-0.4, -0.2) is 50.8 Å². The van der Waals surface area contributed by atoms with Gasteiger partial charge in [0.15, 0.2) is 5.16 Å². The van der Waals surface area contributed by atoms with Crippen LogP contribution in [0.5, 0.6) is 0 Å². The van der Waals surface area contributed by atoms with Crippen LogP contribution in [0, 0.1) is 0 Å². The quantitative estimate of drug-likeness (QED) is 0.844. The van der Waals surface area contributed by atoms with Crippen molar-refractivity contribution in [2.24, 2.45) is 0 Å². The minimum absolute atomic E-state index is 0.0107. The minimum atomic E-state index is -0.272. The molecule has 0 aliphatic rings. The van der Waals surface area contributed by atoms with E-state index in [1.807, 2.05) is 25.1 Å². The molecule has 1 atom stereocenters. The number of nitrogens with one attached hydrogen (secondary N) is 1. The van der Waals surface area contributed by atoms with E-state index in [9.17, 15) is 9.59 Å². The first-order valence-corrected chi connectivity index (χ1v) is 7.92. The molecule has 1 unspecified atom stereocenters. The van der Waals surface area contributed by atoms with Crippen molar-refractivity contribution in [3.8, 4) is 5.69 Å². The van der Waals surface area contributed by atoms with Gasteiger partial charge in [-0.3, -0.25) is 14.2 Å². The maximum atomic E-state index is 12.0. The van der Waals surface area contributed by atoms with E-state index in [0.29, 0.717) is 10.8 Å². The molecular weight excluding hydrogens is 314 g/mol. The van der Waals surface area contributed by atoms with Gasteiger partial charge in [0.25, 0.3) is 0 Å². The summed E-state index contributed by atoms with van der Waals surface area (Å²) in [6, 6.07) is 7.36. The number of carbonyl (C=O) groups excluding carboxylic acids is 2. The van der Waals surface area contributed by atoms with Crippen LogP contribution in [0.1, 0.15) is 13.8 Å². The summed E-state index contributed by atoms with van der Waals surface area (Å²) in [5.74, 6) is -0.123. The Bertz CT molecular complexity index is 713. The molecule has 1 heterocycles. The van der Waals surface area contributed by atoms with Crippen LogP contribution in [-0.2, 0) is 9.59 Å². The smallest absolute Gasteiger partial charge is 0.235 e. The largest absolute Gasteiger partial charge is 0.348 e. The standard InChI is InChI=1S/C15H19N5O2S/c1-10(14(22)19(3)4)23-15-18-16-9-20(15)13-7-5-6-12(8-13)17-11(2)21/h5-10H,1-4H3,(H,17,21). The maximum absolute atomic E-state index is 12.0. The predicted octanol–water partition coefficient (Wildman–Crippen LogP) is 1.79. The molecule has 1 N–H and O–H groups in total. The van der Waals surface area contributed by atoms with Crippen LogP contribution in [0.25, 0.3) is 5.69 Å². The van der Waals surface area contributed by atoms with E-state index in [-0.39, 0.29) is 17.1 Å². The lowest BCUT2D eigenvalue weighted by Gasteiger charge is -2.16. The zero-order valence-corrected chi connectivity index (χ0v) is 14.3. The van der Waals surface area contributed by atoms with E-state index >= 15 is 0 Å². The number of aromatic nitrogens is 3. The first kappa shape index (κ1) is 17.0. The van der Waals surface area contributed by atoms with Gasteiger partial charge in [-0.15, -0.1) is 10.2 Å². The van der Waals surface area contributed by atoms with E-state index in [2.05, 4.69) is 15.5 Å². The van der Waals surface area contributed by atoms with Crippen molar-refractivity contribution < 1.29 is 9.59 Å². The fourth-order valence-electron chi connectivity index (χ4n) is 1.99. The van der Waals surface area contributed by atoms with Crippen LogP contribution >= 0.6 is 11.8 Å². The zero-order chi connectivity index (χ0) is 17.0. The van der Waals surface area contributed by atoms with Crippen LogP contribution in [0.2, 0.25) is 0 Å². The maximum Gasteiger partial charge on any atom is 0.235 e. The third kappa shape index (κ3) is 4.32. The topological polar surface area (TPSA) is 80.1 Å². The fraction of sp³-hybridized carbons (Fsp3) is 0.333. The van der Waals surface area contributed by atoms with Crippen molar-refractivity contribution in [3.63, 3.8) is 0 Å². The second kappa shape index (κ2) is 7.28. The molecule has 2 amide bonds. The molecule has 0 saturated carbocycles. The van der Waals surface area contributed by atoms with Gasteiger partial charge < -0.3 is 10.2 Å². The van der Waals surface area contributed by atoms with Crippen LogP contribution in [0.4, 0.5) is 5.69 Å². The monoisotopic (exact) mass is 333 g/mol. The van der Waals surface area contributed by atoms with E-state index in [1.54, 1.807) is 36.0 Å². The third-order valence-electron chi connectivity index (χ3n) is 3.03. The molecule has 0 saturated heterocycles. The fourth-order valence-corrected chi connectivity index (χ4v) is 2.98. The molecule has 8 heteroatoms. The van der Waals surface area contributed by atoms with Crippen LogP contribution in [0.15, 0.2) is 35.7 Å². The van der Waals surface area contributed by atoms with E-state index < -0.39 is 0 Å². The lowest BCUT2D eigenvalue weighted by molar-refractivity contribution is -0.127. The Morgan fingerprint density at radius 1 is 1.35 bits per heavy atom. The lowest BCUT2D eigenvalue weighted by atomic mass is 10.2.